The first-order chi connectivity index (χ1) is 15.2. The fourth-order valence-electron chi connectivity index (χ4n) is 5.42. The molecule has 0 aliphatic rings. The molecule has 0 fully saturated rings. The minimum Gasteiger partial charge on any atom is -0.308 e. The van der Waals surface area contributed by atoms with Crippen LogP contribution in [0, 0.1) is 6.92 Å². The fraction of sp³-hybridized carbons (Fsp3) is 0.0690. The minimum absolute atomic E-state index is 1.24. The summed E-state index contributed by atoms with van der Waals surface area (Å²) in [7, 11) is 2.11. The van der Waals surface area contributed by atoms with Crippen molar-refractivity contribution in [3.05, 3.63) is 96.7 Å². The molecule has 31 heavy (non-hydrogen) atoms. The van der Waals surface area contributed by atoms with Crippen LogP contribution in [-0.2, 0) is 7.05 Å². The van der Waals surface area contributed by atoms with Gasteiger partial charge < -0.3 is 4.40 Å². The largest absolute Gasteiger partial charge is 0.308 e. The number of hydrogen-bond donors (Lipinski definition) is 0. The van der Waals surface area contributed by atoms with Gasteiger partial charge in [0.15, 0.2) is 6.20 Å². The van der Waals surface area contributed by atoms with Crippen molar-refractivity contribution in [1.29, 1.82) is 0 Å². The molecule has 2 nitrogen and oxygen atoms in total. The summed E-state index contributed by atoms with van der Waals surface area (Å²) in [5.74, 6) is 0. The number of pyridine rings is 1. The number of nitrogens with zero attached hydrogens (tertiary/aromatic N) is 2. The van der Waals surface area contributed by atoms with Crippen molar-refractivity contribution in [2.45, 2.75) is 6.92 Å². The van der Waals surface area contributed by atoms with Crippen molar-refractivity contribution >= 4 is 48.9 Å². The molecule has 146 valence electrons. The van der Waals surface area contributed by atoms with Gasteiger partial charge in [-0.15, -0.1) is 0 Å². The Balaban J connectivity index is 1.65. The molecule has 0 saturated carbocycles. The Labute approximate surface area is 179 Å². The van der Waals surface area contributed by atoms with E-state index in [1.807, 2.05) is 0 Å². The van der Waals surface area contributed by atoms with Crippen molar-refractivity contribution in [3.8, 4) is 11.3 Å². The molecule has 0 radical (unpaired) electrons. The van der Waals surface area contributed by atoms with E-state index in [0.29, 0.717) is 0 Å². The highest BCUT2D eigenvalue weighted by molar-refractivity contribution is 6.24. The monoisotopic (exact) mass is 397 g/mol. The molecule has 0 aliphatic carbocycles. The lowest BCUT2D eigenvalue weighted by atomic mass is 9.97. The number of aryl methyl sites for hydroxylation is 2. The maximum Gasteiger partial charge on any atom is 0.212 e. The third kappa shape index (κ3) is 2.14. The van der Waals surface area contributed by atoms with E-state index in [0.717, 1.165) is 0 Å². The Hall–Kier alpha value is -3.91. The summed E-state index contributed by atoms with van der Waals surface area (Å²) in [6.07, 6.45) is 2.11. The SMILES string of the molecule is Cc1cc2cc3c4cccc5c6ccccc6n(c3cc2cc1-c1cccc[n+]1C)c54. The van der Waals surface area contributed by atoms with Gasteiger partial charge in [0.1, 0.15) is 7.05 Å². The van der Waals surface area contributed by atoms with Gasteiger partial charge in [-0.3, -0.25) is 0 Å². The van der Waals surface area contributed by atoms with Crippen LogP contribution >= 0.6 is 0 Å². The van der Waals surface area contributed by atoms with Gasteiger partial charge in [0.25, 0.3) is 0 Å². The lowest BCUT2D eigenvalue weighted by molar-refractivity contribution is -0.660. The van der Waals surface area contributed by atoms with E-state index in [1.165, 1.54) is 65.7 Å². The zero-order valence-corrected chi connectivity index (χ0v) is 17.6. The predicted molar refractivity (Wildman–Crippen MR) is 130 cm³/mol. The van der Waals surface area contributed by atoms with Crippen LogP contribution in [0.2, 0.25) is 0 Å². The Kier molecular flexibility index (Phi) is 3.17. The van der Waals surface area contributed by atoms with Gasteiger partial charge in [0.2, 0.25) is 5.69 Å². The Bertz CT molecular complexity index is 1800. The molecule has 0 aliphatic heterocycles. The lowest BCUT2D eigenvalue weighted by Crippen LogP contribution is -2.30. The molecule has 0 unspecified atom stereocenters. The highest BCUT2D eigenvalue weighted by atomic mass is 14.9. The van der Waals surface area contributed by atoms with Gasteiger partial charge in [-0.1, -0.05) is 42.5 Å². The van der Waals surface area contributed by atoms with Gasteiger partial charge in [-0.25, -0.2) is 4.57 Å². The molecule has 2 heteroatoms. The molecule has 0 atom stereocenters. The first-order valence-corrected chi connectivity index (χ1v) is 10.8. The molecule has 3 aromatic heterocycles. The lowest BCUT2D eigenvalue weighted by Gasteiger charge is -2.08. The van der Waals surface area contributed by atoms with E-state index in [1.54, 1.807) is 0 Å². The predicted octanol–water partition coefficient (Wildman–Crippen LogP) is 6.79. The van der Waals surface area contributed by atoms with Crippen LogP contribution in [0.25, 0.3) is 60.1 Å². The Morgan fingerprint density at radius 2 is 1.39 bits per heavy atom. The van der Waals surface area contributed by atoms with Gasteiger partial charge in [-0.2, -0.15) is 0 Å². The quantitative estimate of drug-likeness (QED) is 0.270. The Morgan fingerprint density at radius 1 is 0.645 bits per heavy atom. The fourth-order valence-corrected chi connectivity index (χ4v) is 5.42. The van der Waals surface area contributed by atoms with E-state index in [4.69, 9.17) is 0 Å². The van der Waals surface area contributed by atoms with E-state index in [-0.39, 0.29) is 0 Å². The number of fused-ring (bicyclic) bond motifs is 7. The zero-order valence-electron chi connectivity index (χ0n) is 17.6. The normalized spacial score (nSPS) is 12.2. The van der Waals surface area contributed by atoms with Crippen molar-refractivity contribution in [1.82, 2.24) is 4.40 Å². The third-order valence-electron chi connectivity index (χ3n) is 6.85. The molecule has 0 saturated heterocycles. The second-order valence-corrected chi connectivity index (χ2v) is 8.63. The zero-order chi connectivity index (χ0) is 20.7. The maximum absolute atomic E-state index is 2.46. The first kappa shape index (κ1) is 16.8. The molecule has 0 amide bonds. The summed E-state index contributed by atoms with van der Waals surface area (Å²) in [5.41, 5.74) is 7.72. The third-order valence-corrected chi connectivity index (χ3v) is 6.85. The van der Waals surface area contributed by atoms with Crippen LogP contribution in [-0.4, -0.2) is 4.40 Å². The smallest absolute Gasteiger partial charge is 0.212 e. The van der Waals surface area contributed by atoms with Crippen LogP contribution < -0.4 is 4.57 Å². The van der Waals surface area contributed by atoms with E-state index >= 15 is 0 Å². The van der Waals surface area contributed by atoms with Crippen LogP contribution in [0.1, 0.15) is 5.56 Å². The summed E-state index contributed by atoms with van der Waals surface area (Å²) in [6, 6.07) is 31.3. The first-order valence-electron chi connectivity index (χ1n) is 10.8. The highest BCUT2D eigenvalue weighted by Gasteiger charge is 2.18. The summed E-state index contributed by atoms with van der Waals surface area (Å²) in [5, 5.41) is 7.90. The molecular formula is C29H21N2+. The maximum atomic E-state index is 2.46. The van der Waals surface area contributed by atoms with Crippen LogP contribution in [0.5, 0.6) is 0 Å². The molecular weight excluding hydrogens is 376 g/mol. The Morgan fingerprint density at radius 3 is 2.26 bits per heavy atom. The minimum atomic E-state index is 1.24. The van der Waals surface area contributed by atoms with Crippen molar-refractivity contribution in [2.75, 3.05) is 0 Å². The highest BCUT2D eigenvalue weighted by Crippen LogP contribution is 2.40. The summed E-state index contributed by atoms with van der Waals surface area (Å²) in [4.78, 5) is 0. The van der Waals surface area contributed by atoms with Crippen molar-refractivity contribution < 1.29 is 4.57 Å². The number of benzene rings is 4. The molecule has 4 aromatic carbocycles. The van der Waals surface area contributed by atoms with Crippen LogP contribution in [0.3, 0.4) is 0 Å². The summed E-state index contributed by atoms with van der Waals surface area (Å²) >= 11 is 0. The molecule has 7 aromatic rings. The number of para-hydroxylation sites is 2. The summed E-state index contributed by atoms with van der Waals surface area (Å²) in [6.45, 7) is 2.22. The van der Waals surface area contributed by atoms with E-state index < -0.39 is 0 Å². The standard InChI is InChI=1S/C29H21N2/c1-18-14-19-16-25-23-10-7-9-22-21-8-3-4-12-27(21)31(29(22)23)28(25)17-20(19)15-24(18)26-11-5-6-13-30(26)2/h3-17H,1-2H3/q+1. The van der Waals surface area contributed by atoms with Crippen LogP contribution in [0.15, 0.2) is 91.1 Å². The van der Waals surface area contributed by atoms with Crippen LogP contribution in [0.4, 0.5) is 0 Å². The molecule has 3 heterocycles. The topological polar surface area (TPSA) is 8.29 Å². The average molecular weight is 398 g/mol. The second-order valence-electron chi connectivity index (χ2n) is 8.63. The number of rotatable bonds is 1. The van der Waals surface area contributed by atoms with Gasteiger partial charge in [-0.05, 0) is 53.6 Å². The second kappa shape index (κ2) is 5.83. The summed E-state index contributed by atoms with van der Waals surface area (Å²) < 4.78 is 4.65. The van der Waals surface area contributed by atoms with Gasteiger partial charge in [0.05, 0.1) is 16.6 Å². The molecule has 0 bridgehead atoms. The van der Waals surface area contributed by atoms with E-state index in [9.17, 15) is 0 Å². The number of aromatic nitrogens is 2. The molecule has 0 spiro atoms. The van der Waals surface area contributed by atoms with Gasteiger partial charge in [0, 0.05) is 39.2 Å². The number of hydrogen-bond acceptors (Lipinski definition) is 0. The van der Waals surface area contributed by atoms with Crippen molar-refractivity contribution in [3.63, 3.8) is 0 Å². The molecule has 0 N–H and O–H groups in total. The molecule has 7 rings (SSSR count). The average Bonchev–Trinajstić information content (AvgIpc) is 3.29. The van der Waals surface area contributed by atoms with Crippen molar-refractivity contribution in [2.24, 2.45) is 7.05 Å². The van der Waals surface area contributed by atoms with E-state index in [2.05, 4.69) is 114 Å². The van der Waals surface area contributed by atoms with Gasteiger partial charge >= 0.3 is 0 Å².